The molecule has 3 rings (SSSR count). The highest BCUT2D eigenvalue weighted by atomic mass is 79.9. The molecule has 3 aliphatic rings. The normalized spacial score (nSPS) is 46.5. The summed E-state index contributed by atoms with van der Waals surface area (Å²) in [4.78, 5) is 0. The maximum Gasteiger partial charge on any atom is 0.0258 e. The molecule has 0 aromatic rings. The summed E-state index contributed by atoms with van der Waals surface area (Å²) in [7, 11) is 0. The summed E-state index contributed by atoms with van der Waals surface area (Å²) < 4.78 is 0.572. The van der Waals surface area contributed by atoms with Gasteiger partial charge in [0.1, 0.15) is 0 Å². The van der Waals surface area contributed by atoms with Crippen LogP contribution < -0.4 is 0 Å². The van der Waals surface area contributed by atoms with Gasteiger partial charge in [-0.15, -0.1) is 0 Å². The average molecular weight is 231 g/mol. The largest absolute Gasteiger partial charge is 0.0853 e. The molecule has 70 valence electrons. The lowest BCUT2D eigenvalue weighted by Crippen LogP contribution is -2.42. The summed E-state index contributed by atoms with van der Waals surface area (Å²) in [6.07, 6.45) is 11.7. The second-order valence-corrected chi connectivity index (χ2v) is 6.58. The van der Waals surface area contributed by atoms with Crippen LogP contribution in [0.15, 0.2) is 0 Å². The molecule has 0 saturated heterocycles. The van der Waals surface area contributed by atoms with Crippen LogP contribution in [0.1, 0.15) is 58.3 Å². The zero-order valence-corrected chi connectivity index (χ0v) is 9.62. The molecule has 0 aromatic carbocycles. The van der Waals surface area contributed by atoms with E-state index in [9.17, 15) is 0 Å². The van der Waals surface area contributed by atoms with Crippen molar-refractivity contribution >= 4 is 15.9 Å². The summed E-state index contributed by atoms with van der Waals surface area (Å²) in [5.74, 6) is 0. The molecule has 1 heteroatoms. The third kappa shape index (κ3) is 1.45. The SMILES string of the molecule is CCCC12CCC(Br)(CC1)CC2. The van der Waals surface area contributed by atoms with Crippen molar-refractivity contribution in [3.63, 3.8) is 0 Å². The van der Waals surface area contributed by atoms with Gasteiger partial charge in [0.2, 0.25) is 0 Å². The second kappa shape index (κ2) is 3.01. The highest BCUT2D eigenvalue weighted by molar-refractivity contribution is 9.10. The quantitative estimate of drug-likeness (QED) is 0.622. The molecule has 0 radical (unpaired) electrons. The molecule has 0 unspecified atom stereocenters. The van der Waals surface area contributed by atoms with Crippen LogP contribution in [0.2, 0.25) is 0 Å². The zero-order chi connectivity index (χ0) is 8.66. The van der Waals surface area contributed by atoms with Gasteiger partial charge in [0.15, 0.2) is 0 Å². The van der Waals surface area contributed by atoms with Crippen molar-refractivity contribution in [2.24, 2.45) is 5.41 Å². The summed E-state index contributed by atoms with van der Waals surface area (Å²) in [5, 5.41) is 0. The Hall–Kier alpha value is 0.480. The summed E-state index contributed by atoms with van der Waals surface area (Å²) in [5.41, 5.74) is 0.782. The van der Waals surface area contributed by atoms with E-state index >= 15 is 0 Å². The maximum atomic E-state index is 3.91. The molecular formula is C11H19Br. The van der Waals surface area contributed by atoms with E-state index in [1.165, 1.54) is 51.4 Å². The number of hydrogen-bond acceptors (Lipinski definition) is 0. The van der Waals surface area contributed by atoms with Crippen LogP contribution >= 0.6 is 15.9 Å². The highest BCUT2D eigenvalue weighted by Gasteiger charge is 2.46. The van der Waals surface area contributed by atoms with E-state index in [1.54, 1.807) is 0 Å². The molecule has 0 aliphatic heterocycles. The van der Waals surface area contributed by atoms with Crippen molar-refractivity contribution in [1.29, 1.82) is 0 Å². The predicted molar refractivity (Wildman–Crippen MR) is 56.7 cm³/mol. The molecule has 0 amide bonds. The molecule has 0 nitrogen and oxygen atoms in total. The van der Waals surface area contributed by atoms with Crippen LogP contribution in [0.25, 0.3) is 0 Å². The first-order valence-corrected chi connectivity index (χ1v) is 6.16. The minimum atomic E-state index is 0.572. The minimum Gasteiger partial charge on any atom is -0.0853 e. The molecule has 0 atom stereocenters. The Balaban J connectivity index is 2.04. The van der Waals surface area contributed by atoms with E-state index in [0.717, 1.165) is 5.41 Å². The van der Waals surface area contributed by atoms with E-state index in [4.69, 9.17) is 0 Å². The fourth-order valence-electron chi connectivity index (χ4n) is 3.12. The maximum absolute atomic E-state index is 3.91. The van der Waals surface area contributed by atoms with Crippen LogP contribution in [-0.2, 0) is 0 Å². The first kappa shape index (κ1) is 9.05. The number of hydrogen-bond donors (Lipinski definition) is 0. The van der Waals surface area contributed by atoms with Gasteiger partial charge in [-0.2, -0.15) is 0 Å². The molecule has 0 spiro atoms. The Morgan fingerprint density at radius 1 is 1.00 bits per heavy atom. The van der Waals surface area contributed by atoms with Crippen molar-refractivity contribution in [1.82, 2.24) is 0 Å². The van der Waals surface area contributed by atoms with Gasteiger partial charge in [0.25, 0.3) is 0 Å². The van der Waals surface area contributed by atoms with Crippen LogP contribution in [0.5, 0.6) is 0 Å². The van der Waals surface area contributed by atoms with Gasteiger partial charge in [-0.1, -0.05) is 29.3 Å². The Kier molecular flexibility index (Phi) is 2.27. The molecule has 3 aliphatic carbocycles. The molecule has 3 fully saturated rings. The molecule has 0 heterocycles. The van der Waals surface area contributed by atoms with Gasteiger partial charge >= 0.3 is 0 Å². The van der Waals surface area contributed by atoms with Crippen LogP contribution in [0, 0.1) is 5.41 Å². The lowest BCUT2D eigenvalue weighted by atomic mass is 9.59. The molecule has 0 N–H and O–H groups in total. The van der Waals surface area contributed by atoms with Gasteiger partial charge in [-0.3, -0.25) is 0 Å². The fourth-order valence-corrected chi connectivity index (χ4v) is 3.72. The predicted octanol–water partition coefficient (Wildman–Crippen LogP) is 4.27. The first-order valence-electron chi connectivity index (χ1n) is 5.37. The number of rotatable bonds is 2. The van der Waals surface area contributed by atoms with Gasteiger partial charge in [0.05, 0.1) is 0 Å². The van der Waals surface area contributed by atoms with Crippen molar-refractivity contribution in [2.45, 2.75) is 62.6 Å². The van der Waals surface area contributed by atoms with E-state index < -0.39 is 0 Å². The van der Waals surface area contributed by atoms with Crippen molar-refractivity contribution in [3.05, 3.63) is 0 Å². The van der Waals surface area contributed by atoms with Gasteiger partial charge in [-0.05, 0) is 50.4 Å². The third-order valence-electron chi connectivity index (χ3n) is 4.09. The summed E-state index contributed by atoms with van der Waals surface area (Å²) >= 11 is 3.91. The monoisotopic (exact) mass is 230 g/mol. The molecule has 0 aromatic heterocycles. The molecule has 12 heavy (non-hydrogen) atoms. The van der Waals surface area contributed by atoms with E-state index in [2.05, 4.69) is 22.9 Å². The lowest BCUT2D eigenvalue weighted by molar-refractivity contribution is 0.0754. The topological polar surface area (TPSA) is 0 Å². The first-order chi connectivity index (χ1) is 5.68. The third-order valence-corrected chi connectivity index (χ3v) is 5.28. The Bertz CT molecular complexity index is 149. The van der Waals surface area contributed by atoms with Crippen LogP contribution in [-0.4, -0.2) is 4.32 Å². The van der Waals surface area contributed by atoms with E-state index in [1.807, 2.05) is 0 Å². The van der Waals surface area contributed by atoms with Gasteiger partial charge < -0.3 is 0 Å². The molecule has 2 bridgehead atoms. The number of halogens is 1. The molecular weight excluding hydrogens is 212 g/mol. The fraction of sp³-hybridized carbons (Fsp3) is 1.00. The van der Waals surface area contributed by atoms with Gasteiger partial charge in [-0.25, -0.2) is 0 Å². The summed E-state index contributed by atoms with van der Waals surface area (Å²) in [6, 6.07) is 0. The minimum absolute atomic E-state index is 0.572. The lowest BCUT2D eigenvalue weighted by Gasteiger charge is -2.51. The number of fused-ring (bicyclic) bond motifs is 3. The van der Waals surface area contributed by atoms with Crippen LogP contribution in [0.4, 0.5) is 0 Å². The van der Waals surface area contributed by atoms with Gasteiger partial charge in [0, 0.05) is 4.32 Å². The zero-order valence-electron chi connectivity index (χ0n) is 8.03. The second-order valence-electron chi connectivity index (χ2n) is 4.90. The van der Waals surface area contributed by atoms with Crippen molar-refractivity contribution in [2.75, 3.05) is 0 Å². The van der Waals surface area contributed by atoms with Crippen molar-refractivity contribution < 1.29 is 0 Å². The van der Waals surface area contributed by atoms with Crippen molar-refractivity contribution in [3.8, 4) is 0 Å². The standard InChI is InChI=1S/C11H19Br/c1-2-3-10-4-7-11(12,8-5-10)9-6-10/h2-9H2,1H3. The summed E-state index contributed by atoms with van der Waals surface area (Å²) in [6.45, 7) is 2.33. The van der Waals surface area contributed by atoms with E-state index in [0.29, 0.717) is 4.32 Å². The molecule has 3 saturated carbocycles. The Morgan fingerprint density at radius 2 is 1.50 bits per heavy atom. The Labute approximate surface area is 84.2 Å². The highest BCUT2D eigenvalue weighted by Crippen LogP contribution is 2.57. The average Bonchev–Trinajstić information content (AvgIpc) is 2.08. The number of alkyl halides is 1. The van der Waals surface area contributed by atoms with E-state index in [-0.39, 0.29) is 0 Å². The Morgan fingerprint density at radius 3 is 1.92 bits per heavy atom. The van der Waals surface area contributed by atoms with Crippen LogP contribution in [0.3, 0.4) is 0 Å². The smallest absolute Gasteiger partial charge is 0.0258 e.